The highest BCUT2D eigenvalue weighted by atomic mass is 16.5. The van der Waals surface area contributed by atoms with Gasteiger partial charge in [-0.15, -0.1) is 0 Å². The van der Waals surface area contributed by atoms with E-state index in [1.54, 1.807) is 0 Å². The molecule has 2 aromatic rings. The molecule has 2 aromatic carbocycles. The van der Waals surface area contributed by atoms with Gasteiger partial charge in [0.25, 0.3) is 5.91 Å². The Kier molecular flexibility index (Phi) is 7.07. The summed E-state index contributed by atoms with van der Waals surface area (Å²) in [4.78, 5) is 12.5. The highest BCUT2D eigenvalue weighted by Gasteiger charge is 2.21. The Morgan fingerprint density at radius 1 is 1.08 bits per heavy atom. The van der Waals surface area contributed by atoms with Crippen LogP contribution in [0, 0.1) is 20.8 Å². The lowest BCUT2D eigenvalue weighted by Crippen LogP contribution is -2.44. The minimum atomic E-state index is -0.516. The van der Waals surface area contributed by atoms with Crippen LogP contribution in [-0.2, 0) is 4.79 Å². The van der Waals surface area contributed by atoms with Crippen molar-refractivity contribution in [2.24, 2.45) is 0 Å². The molecule has 140 valence electrons. The van der Waals surface area contributed by atoms with E-state index in [9.17, 15) is 4.79 Å². The molecule has 0 saturated heterocycles. The van der Waals surface area contributed by atoms with E-state index in [4.69, 9.17) is 9.47 Å². The second-order valence-corrected chi connectivity index (χ2v) is 6.75. The number of carbonyl (C=O) groups is 1. The van der Waals surface area contributed by atoms with E-state index >= 15 is 0 Å². The van der Waals surface area contributed by atoms with Crippen molar-refractivity contribution in [2.45, 2.75) is 53.2 Å². The summed E-state index contributed by atoms with van der Waals surface area (Å²) < 4.78 is 11.7. The molecule has 26 heavy (non-hydrogen) atoms. The average Bonchev–Trinajstić information content (AvgIpc) is 2.62. The summed E-state index contributed by atoms with van der Waals surface area (Å²) in [6, 6.07) is 13.6. The Morgan fingerprint density at radius 2 is 1.77 bits per heavy atom. The molecule has 1 N–H and O–H groups in total. The number of benzene rings is 2. The summed E-state index contributed by atoms with van der Waals surface area (Å²) in [5.41, 5.74) is 3.40. The van der Waals surface area contributed by atoms with Gasteiger partial charge in [-0.1, -0.05) is 36.8 Å². The molecular formula is C22H29NO3. The van der Waals surface area contributed by atoms with Gasteiger partial charge in [-0.2, -0.15) is 0 Å². The summed E-state index contributed by atoms with van der Waals surface area (Å²) in [7, 11) is 0. The topological polar surface area (TPSA) is 47.6 Å². The molecule has 0 aliphatic rings. The number of nitrogens with one attached hydrogen (secondary N) is 1. The molecule has 4 nitrogen and oxygen atoms in total. The zero-order valence-electron chi connectivity index (χ0n) is 16.3. The third kappa shape index (κ3) is 5.51. The first-order valence-electron chi connectivity index (χ1n) is 9.13. The van der Waals surface area contributed by atoms with Crippen LogP contribution in [0.2, 0.25) is 0 Å². The molecule has 4 heteroatoms. The SMILES string of the molecule is CC[C@H](Oc1cccc(C)c1C)C(=O)N[C@H](C)COc1ccc(C)cc1. The number of aryl methyl sites for hydroxylation is 2. The molecule has 2 rings (SSSR count). The van der Waals surface area contributed by atoms with Gasteiger partial charge in [-0.25, -0.2) is 0 Å². The zero-order valence-corrected chi connectivity index (χ0v) is 16.3. The van der Waals surface area contributed by atoms with Crippen LogP contribution in [0.1, 0.15) is 37.0 Å². The predicted octanol–water partition coefficient (Wildman–Crippen LogP) is 4.35. The fourth-order valence-electron chi connectivity index (χ4n) is 2.56. The maximum Gasteiger partial charge on any atom is 0.261 e. The van der Waals surface area contributed by atoms with E-state index in [1.165, 1.54) is 5.56 Å². The van der Waals surface area contributed by atoms with Crippen LogP contribution in [0.15, 0.2) is 42.5 Å². The molecular weight excluding hydrogens is 326 g/mol. The van der Waals surface area contributed by atoms with Gasteiger partial charge >= 0.3 is 0 Å². The van der Waals surface area contributed by atoms with Crippen LogP contribution in [0.5, 0.6) is 11.5 Å². The fourth-order valence-corrected chi connectivity index (χ4v) is 2.56. The van der Waals surface area contributed by atoms with Crippen molar-refractivity contribution in [3.05, 3.63) is 59.2 Å². The fraction of sp³-hybridized carbons (Fsp3) is 0.409. The first kappa shape index (κ1) is 19.8. The number of carbonyl (C=O) groups excluding carboxylic acids is 1. The quantitative estimate of drug-likeness (QED) is 0.766. The molecule has 0 heterocycles. The zero-order chi connectivity index (χ0) is 19.1. The van der Waals surface area contributed by atoms with Crippen LogP contribution in [0.3, 0.4) is 0 Å². The summed E-state index contributed by atoms with van der Waals surface area (Å²) in [5, 5.41) is 2.98. The standard InChI is InChI=1S/C22H29NO3/c1-6-20(26-21-9-7-8-16(3)18(21)5)22(24)23-17(4)14-25-19-12-10-15(2)11-13-19/h7-13,17,20H,6,14H2,1-5H3,(H,23,24)/t17-,20+/m1/s1. The second-order valence-electron chi connectivity index (χ2n) is 6.75. The molecule has 0 saturated carbocycles. The minimum Gasteiger partial charge on any atom is -0.491 e. The minimum absolute atomic E-state index is 0.111. The lowest BCUT2D eigenvalue weighted by atomic mass is 10.1. The van der Waals surface area contributed by atoms with Gasteiger partial charge in [0.1, 0.15) is 18.1 Å². The summed E-state index contributed by atoms with van der Waals surface area (Å²) >= 11 is 0. The maximum atomic E-state index is 12.5. The lowest BCUT2D eigenvalue weighted by Gasteiger charge is -2.22. The van der Waals surface area contributed by atoms with Crippen LogP contribution in [-0.4, -0.2) is 24.7 Å². The number of ether oxygens (including phenoxy) is 2. The van der Waals surface area contributed by atoms with Gasteiger partial charge in [0.2, 0.25) is 0 Å². The molecule has 0 radical (unpaired) electrons. The van der Waals surface area contributed by atoms with Crippen molar-refractivity contribution in [1.82, 2.24) is 5.32 Å². The van der Waals surface area contributed by atoms with E-state index in [0.717, 1.165) is 22.6 Å². The molecule has 0 aromatic heterocycles. The van der Waals surface area contributed by atoms with Gasteiger partial charge in [-0.3, -0.25) is 4.79 Å². The molecule has 0 aliphatic carbocycles. The number of amides is 1. The number of hydrogen-bond acceptors (Lipinski definition) is 3. The molecule has 0 bridgehead atoms. The number of rotatable bonds is 8. The van der Waals surface area contributed by atoms with E-state index in [-0.39, 0.29) is 11.9 Å². The van der Waals surface area contributed by atoms with Crippen LogP contribution < -0.4 is 14.8 Å². The average molecular weight is 355 g/mol. The molecule has 0 spiro atoms. The molecule has 2 atom stereocenters. The van der Waals surface area contributed by atoms with Crippen molar-refractivity contribution in [1.29, 1.82) is 0 Å². The molecule has 0 fully saturated rings. The third-order valence-electron chi connectivity index (χ3n) is 4.40. The Bertz CT molecular complexity index is 725. The summed E-state index contributed by atoms with van der Waals surface area (Å²) in [5.74, 6) is 1.44. The highest BCUT2D eigenvalue weighted by Crippen LogP contribution is 2.22. The smallest absolute Gasteiger partial charge is 0.261 e. The van der Waals surface area contributed by atoms with Gasteiger partial charge in [0.05, 0.1) is 6.04 Å². The first-order valence-corrected chi connectivity index (χ1v) is 9.13. The largest absolute Gasteiger partial charge is 0.491 e. The Balaban J connectivity index is 1.89. The normalized spacial score (nSPS) is 13.0. The van der Waals surface area contributed by atoms with Crippen molar-refractivity contribution in [2.75, 3.05) is 6.61 Å². The summed E-state index contributed by atoms with van der Waals surface area (Å²) in [6.07, 6.45) is 0.0856. The Hall–Kier alpha value is -2.49. The first-order chi connectivity index (χ1) is 12.4. The van der Waals surface area contributed by atoms with Gasteiger partial charge in [0, 0.05) is 0 Å². The van der Waals surface area contributed by atoms with Crippen molar-refractivity contribution in [3.63, 3.8) is 0 Å². The van der Waals surface area contributed by atoms with Gasteiger partial charge < -0.3 is 14.8 Å². The summed E-state index contributed by atoms with van der Waals surface area (Å²) in [6.45, 7) is 10.4. The van der Waals surface area contributed by atoms with Crippen LogP contribution in [0.4, 0.5) is 0 Å². The van der Waals surface area contributed by atoms with E-state index in [2.05, 4.69) is 5.32 Å². The lowest BCUT2D eigenvalue weighted by molar-refractivity contribution is -0.129. The number of hydrogen-bond donors (Lipinski definition) is 1. The van der Waals surface area contributed by atoms with Crippen LogP contribution in [0.25, 0.3) is 0 Å². The Labute approximate surface area is 156 Å². The Morgan fingerprint density at radius 3 is 2.42 bits per heavy atom. The molecule has 0 aliphatic heterocycles. The van der Waals surface area contributed by atoms with Gasteiger partial charge in [-0.05, 0) is 63.4 Å². The van der Waals surface area contributed by atoms with Crippen molar-refractivity contribution in [3.8, 4) is 11.5 Å². The van der Waals surface area contributed by atoms with Crippen molar-refractivity contribution >= 4 is 5.91 Å². The van der Waals surface area contributed by atoms with Gasteiger partial charge in [0.15, 0.2) is 6.10 Å². The van der Waals surface area contributed by atoms with E-state index < -0.39 is 6.10 Å². The van der Waals surface area contributed by atoms with Crippen molar-refractivity contribution < 1.29 is 14.3 Å². The second kappa shape index (κ2) is 9.27. The molecule has 1 amide bonds. The molecule has 0 unspecified atom stereocenters. The van der Waals surface area contributed by atoms with E-state index in [0.29, 0.717) is 13.0 Å². The third-order valence-corrected chi connectivity index (χ3v) is 4.40. The maximum absolute atomic E-state index is 12.5. The highest BCUT2D eigenvalue weighted by molar-refractivity contribution is 5.81. The van der Waals surface area contributed by atoms with E-state index in [1.807, 2.05) is 77.1 Å². The van der Waals surface area contributed by atoms with Crippen LogP contribution >= 0.6 is 0 Å². The monoisotopic (exact) mass is 355 g/mol. The predicted molar refractivity (Wildman–Crippen MR) is 105 cm³/mol.